The van der Waals surface area contributed by atoms with E-state index in [-0.39, 0.29) is 5.92 Å². The molecule has 94 valence electrons. The van der Waals surface area contributed by atoms with Gasteiger partial charge in [-0.2, -0.15) is 13.2 Å². The van der Waals surface area contributed by atoms with Gasteiger partial charge in [0, 0.05) is 12.4 Å². The summed E-state index contributed by atoms with van der Waals surface area (Å²) in [6.45, 7) is 0.422. The minimum atomic E-state index is -4.48. The number of rotatable bonds is 4. The summed E-state index contributed by atoms with van der Waals surface area (Å²) in [5, 5.41) is 0. The number of hydrogen-bond acceptors (Lipinski definition) is 3. The Hall–Kier alpha value is -1.17. The van der Waals surface area contributed by atoms with Gasteiger partial charge in [0.05, 0.1) is 0 Å². The Kier molecular flexibility index (Phi) is 3.33. The number of halogens is 3. The zero-order valence-electron chi connectivity index (χ0n) is 9.24. The lowest BCUT2D eigenvalue weighted by Crippen LogP contribution is -2.16. The second-order valence-corrected chi connectivity index (χ2v) is 4.45. The van der Waals surface area contributed by atoms with Crippen LogP contribution in [-0.2, 0) is 6.18 Å². The summed E-state index contributed by atoms with van der Waals surface area (Å²) >= 11 is 0. The van der Waals surface area contributed by atoms with Crippen LogP contribution in [0, 0.1) is 5.92 Å². The zero-order chi connectivity index (χ0) is 12.5. The molecule has 1 atom stereocenters. The van der Waals surface area contributed by atoms with Gasteiger partial charge in [0.25, 0.3) is 0 Å². The van der Waals surface area contributed by atoms with Crippen molar-refractivity contribution in [3.8, 4) is 0 Å². The van der Waals surface area contributed by atoms with Gasteiger partial charge in [-0.15, -0.1) is 0 Å². The fourth-order valence-electron chi connectivity index (χ4n) is 1.82. The molecule has 1 aliphatic rings. The first-order chi connectivity index (χ1) is 8.00. The summed E-state index contributed by atoms with van der Waals surface area (Å²) in [6.07, 6.45) is 1.32. The third-order valence-electron chi connectivity index (χ3n) is 3.00. The minimum Gasteiger partial charge on any atom is -0.330 e. The van der Waals surface area contributed by atoms with Crippen molar-refractivity contribution < 1.29 is 13.2 Å². The Bertz CT molecular complexity index is 371. The first-order valence-corrected chi connectivity index (χ1v) is 5.60. The van der Waals surface area contributed by atoms with Gasteiger partial charge in [0.15, 0.2) is 0 Å². The van der Waals surface area contributed by atoms with Crippen molar-refractivity contribution in [3.63, 3.8) is 0 Å². The lowest BCUT2D eigenvalue weighted by Gasteiger charge is -2.14. The highest BCUT2D eigenvalue weighted by atomic mass is 19.4. The molecule has 6 heteroatoms. The molecule has 1 aromatic heterocycles. The molecular weight excluding hydrogens is 231 g/mol. The van der Waals surface area contributed by atoms with Crippen molar-refractivity contribution in [1.82, 2.24) is 9.97 Å². The number of nitrogens with zero attached hydrogens (tertiary/aromatic N) is 2. The van der Waals surface area contributed by atoms with Gasteiger partial charge < -0.3 is 5.73 Å². The Labute approximate surface area is 97.3 Å². The van der Waals surface area contributed by atoms with Crippen LogP contribution >= 0.6 is 0 Å². The molecule has 0 radical (unpaired) electrons. The normalized spacial score (nSPS) is 18.1. The van der Waals surface area contributed by atoms with Crippen LogP contribution in [0.4, 0.5) is 13.2 Å². The summed E-state index contributed by atoms with van der Waals surface area (Å²) < 4.78 is 36.8. The summed E-state index contributed by atoms with van der Waals surface area (Å²) in [5.74, 6) is -0.348. The molecule has 2 rings (SSSR count). The average molecular weight is 245 g/mol. The molecule has 0 aliphatic heterocycles. The van der Waals surface area contributed by atoms with Gasteiger partial charge in [-0.25, -0.2) is 9.97 Å². The molecule has 2 N–H and O–H groups in total. The van der Waals surface area contributed by atoms with Crippen LogP contribution in [0.2, 0.25) is 0 Å². The third-order valence-corrected chi connectivity index (χ3v) is 3.00. The van der Waals surface area contributed by atoms with Crippen molar-refractivity contribution in [2.45, 2.75) is 31.4 Å². The smallest absolute Gasteiger partial charge is 0.330 e. The van der Waals surface area contributed by atoms with Gasteiger partial charge in [-0.1, -0.05) is 12.8 Å². The van der Waals surface area contributed by atoms with Crippen molar-refractivity contribution in [1.29, 1.82) is 0 Å². The first-order valence-electron chi connectivity index (χ1n) is 5.60. The Morgan fingerprint density at radius 1 is 1.29 bits per heavy atom. The van der Waals surface area contributed by atoms with Crippen LogP contribution in [0.5, 0.6) is 0 Å². The van der Waals surface area contributed by atoms with Gasteiger partial charge in [0.2, 0.25) is 5.82 Å². The molecule has 0 unspecified atom stereocenters. The number of nitrogens with two attached hydrogens (primary N) is 1. The SMILES string of the molecule is NC[C@H](CC1CC1)c1cnc(C(F)(F)F)nc1. The van der Waals surface area contributed by atoms with E-state index in [9.17, 15) is 13.2 Å². The van der Waals surface area contributed by atoms with Gasteiger partial charge in [0.1, 0.15) is 0 Å². The van der Waals surface area contributed by atoms with Gasteiger partial charge in [-0.05, 0) is 30.4 Å². The van der Waals surface area contributed by atoms with E-state index in [1.54, 1.807) is 0 Å². The Balaban J connectivity index is 2.09. The number of alkyl halides is 3. The van der Waals surface area contributed by atoms with E-state index >= 15 is 0 Å². The monoisotopic (exact) mass is 245 g/mol. The summed E-state index contributed by atoms with van der Waals surface area (Å²) in [5.41, 5.74) is 6.33. The highest BCUT2D eigenvalue weighted by Crippen LogP contribution is 2.38. The van der Waals surface area contributed by atoms with Crippen molar-refractivity contribution in [3.05, 3.63) is 23.8 Å². The topological polar surface area (TPSA) is 51.8 Å². The summed E-state index contributed by atoms with van der Waals surface area (Å²) in [7, 11) is 0. The Morgan fingerprint density at radius 3 is 2.29 bits per heavy atom. The van der Waals surface area contributed by atoms with Crippen molar-refractivity contribution in [2.75, 3.05) is 6.54 Å². The second kappa shape index (κ2) is 4.60. The first kappa shape index (κ1) is 12.3. The predicted octanol–water partition coefficient (Wildman–Crippen LogP) is 2.34. The fraction of sp³-hybridized carbons (Fsp3) is 0.636. The maximum atomic E-state index is 12.3. The highest BCUT2D eigenvalue weighted by molar-refractivity contribution is 5.13. The van der Waals surface area contributed by atoms with Gasteiger partial charge in [-0.3, -0.25) is 0 Å². The second-order valence-electron chi connectivity index (χ2n) is 4.45. The molecule has 1 aromatic rings. The molecule has 1 heterocycles. The lowest BCUT2D eigenvalue weighted by molar-refractivity contribution is -0.145. The lowest BCUT2D eigenvalue weighted by atomic mass is 9.96. The largest absolute Gasteiger partial charge is 0.451 e. The van der Waals surface area contributed by atoms with E-state index in [4.69, 9.17) is 5.73 Å². The van der Waals surface area contributed by atoms with Crippen LogP contribution in [0.1, 0.15) is 36.6 Å². The van der Waals surface area contributed by atoms with E-state index in [1.807, 2.05) is 0 Å². The van der Waals surface area contributed by atoms with Crippen LogP contribution in [-0.4, -0.2) is 16.5 Å². The van der Waals surface area contributed by atoms with Crippen molar-refractivity contribution in [2.24, 2.45) is 11.7 Å². The summed E-state index contributed by atoms with van der Waals surface area (Å²) in [4.78, 5) is 6.71. The predicted molar refractivity (Wildman–Crippen MR) is 56.2 cm³/mol. The average Bonchev–Trinajstić information content (AvgIpc) is 3.09. The van der Waals surface area contributed by atoms with Crippen LogP contribution < -0.4 is 5.73 Å². The fourth-order valence-corrected chi connectivity index (χ4v) is 1.82. The molecule has 0 spiro atoms. The Morgan fingerprint density at radius 2 is 1.88 bits per heavy atom. The molecule has 1 fully saturated rings. The molecule has 3 nitrogen and oxygen atoms in total. The van der Waals surface area contributed by atoms with E-state index in [2.05, 4.69) is 9.97 Å². The third kappa shape index (κ3) is 3.15. The molecule has 0 saturated heterocycles. The zero-order valence-corrected chi connectivity index (χ0v) is 9.24. The minimum absolute atomic E-state index is 0.0739. The molecule has 0 bridgehead atoms. The van der Waals surface area contributed by atoms with Gasteiger partial charge >= 0.3 is 6.18 Å². The number of aromatic nitrogens is 2. The summed E-state index contributed by atoms with van der Waals surface area (Å²) in [6, 6.07) is 0. The van der Waals surface area contributed by atoms with Crippen molar-refractivity contribution >= 4 is 0 Å². The molecule has 1 saturated carbocycles. The van der Waals surface area contributed by atoms with E-state index in [0.29, 0.717) is 18.0 Å². The highest BCUT2D eigenvalue weighted by Gasteiger charge is 2.34. The maximum Gasteiger partial charge on any atom is 0.451 e. The molecule has 1 aliphatic carbocycles. The molecular formula is C11H14F3N3. The maximum absolute atomic E-state index is 12.3. The van der Waals surface area contributed by atoms with Crippen LogP contribution in [0.25, 0.3) is 0 Å². The molecule has 0 aromatic carbocycles. The van der Waals surface area contributed by atoms with Crippen LogP contribution in [0.15, 0.2) is 12.4 Å². The van der Waals surface area contributed by atoms with E-state index < -0.39 is 12.0 Å². The molecule has 17 heavy (non-hydrogen) atoms. The van der Waals surface area contributed by atoms with E-state index in [1.165, 1.54) is 25.2 Å². The van der Waals surface area contributed by atoms with E-state index in [0.717, 1.165) is 6.42 Å². The number of hydrogen-bond donors (Lipinski definition) is 1. The molecule has 0 amide bonds. The van der Waals surface area contributed by atoms with Crippen LogP contribution in [0.3, 0.4) is 0 Å². The quantitative estimate of drug-likeness (QED) is 0.885. The standard InChI is InChI=1S/C11H14F3N3/c12-11(13,14)10-16-5-9(6-17-10)8(4-15)3-7-1-2-7/h5-8H,1-4,15H2/t8-/m0/s1.